The molecule has 6 heteroatoms. The molecule has 5 rings (SSSR count). The van der Waals surface area contributed by atoms with Gasteiger partial charge < -0.3 is 14.6 Å². The number of anilines is 1. The van der Waals surface area contributed by atoms with Crippen LogP contribution in [0.1, 0.15) is 10.4 Å². The number of hydrogen-bond acceptors (Lipinski definition) is 4. The first-order chi connectivity index (χ1) is 15.2. The molecule has 0 aliphatic heterocycles. The molecule has 1 amide bonds. The molecule has 0 spiro atoms. The van der Waals surface area contributed by atoms with Crippen molar-refractivity contribution < 1.29 is 9.53 Å². The number of amides is 1. The van der Waals surface area contributed by atoms with Crippen molar-refractivity contribution in [3.05, 3.63) is 109 Å². The van der Waals surface area contributed by atoms with Crippen LogP contribution >= 0.6 is 0 Å². The molecule has 0 saturated heterocycles. The summed E-state index contributed by atoms with van der Waals surface area (Å²) in [5, 5.41) is 13.3. The Balaban J connectivity index is 1.24. The van der Waals surface area contributed by atoms with Gasteiger partial charge in [-0.2, -0.15) is 0 Å². The molecule has 0 aliphatic rings. The summed E-state index contributed by atoms with van der Waals surface area (Å²) in [7, 11) is 0. The summed E-state index contributed by atoms with van der Waals surface area (Å²) >= 11 is 0. The van der Waals surface area contributed by atoms with Gasteiger partial charge in [-0.1, -0.05) is 30.3 Å². The maximum absolute atomic E-state index is 12.6. The first kappa shape index (κ1) is 18.6. The van der Waals surface area contributed by atoms with Crippen molar-refractivity contribution in [1.29, 1.82) is 0 Å². The van der Waals surface area contributed by atoms with Crippen molar-refractivity contribution in [2.75, 3.05) is 5.32 Å². The summed E-state index contributed by atoms with van der Waals surface area (Å²) in [6, 6.07) is 28.2. The normalized spacial score (nSPS) is 10.7. The molecular formula is C25H18N4O2. The third-order valence-corrected chi connectivity index (χ3v) is 4.84. The minimum atomic E-state index is -0.161. The molecule has 3 aromatic carbocycles. The van der Waals surface area contributed by atoms with Crippen molar-refractivity contribution in [1.82, 2.24) is 14.8 Å². The van der Waals surface area contributed by atoms with Crippen LogP contribution < -0.4 is 10.1 Å². The minimum absolute atomic E-state index is 0.161. The van der Waals surface area contributed by atoms with E-state index in [2.05, 4.69) is 15.5 Å². The molecule has 0 fully saturated rings. The number of benzene rings is 3. The SMILES string of the molecule is O=C(Nc1ccc(Oc2ccc(-n3cccc3)nn2)cc1)c1ccc2ccccc2c1. The first-order valence-corrected chi connectivity index (χ1v) is 9.80. The molecule has 1 N–H and O–H groups in total. The van der Waals surface area contributed by atoms with E-state index in [1.54, 1.807) is 30.3 Å². The summed E-state index contributed by atoms with van der Waals surface area (Å²) in [4.78, 5) is 12.6. The Morgan fingerprint density at radius 1 is 0.774 bits per heavy atom. The molecule has 150 valence electrons. The van der Waals surface area contributed by atoms with Gasteiger partial charge in [0.05, 0.1) is 0 Å². The highest BCUT2D eigenvalue weighted by Crippen LogP contribution is 2.22. The highest BCUT2D eigenvalue weighted by atomic mass is 16.5. The molecule has 0 aliphatic carbocycles. The Bertz CT molecular complexity index is 1330. The lowest BCUT2D eigenvalue weighted by Gasteiger charge is -2.08. The molecule has 0 saturated carbocycles. The zero-order valence-corrected chi connectivity index (χ0v) is 16.5. The van der Waals surface area contributed by atoms with Crippen LogP contribution in [0.25, 0.3) is 16.6 Å². The van der Waals surface area contributed by atoms with Gasteiger partial charge in [-0.05, 0) is 65.4 Å². The number of aromatic nitrogens is 3. The van der Waals surface area contributed by atoms with Gasteiger partial charge in [0.25, 0.3) is 5.91 Å². The highest BCUT2D eigenvalue weighted by Gasteiger charge is 2.08. The summed E-state index contributed by atoms with van der Waals surface area (Å²) in [6.07, 6.45) is 3.80. The van der Waals surface area contributed by atoms with E-state index in [1.807, 2.05) is 77.6 Å². The number of carbonyl (C=O) groups is 1. The number of ether oxygens (including phenoxy) is 1. The van der Waals surface area contributed by atoms with Crippen LogP contribution in [-0.4, -0.2) is 20.7 Å². The Labute approximate surface area is 178 Å². The lowest BCUT2D eigenvalue weighted by atomic mass is 10.1. The average Bonchev–Trinajstić information content (AvgIpc) is 3.35. The molecular weight excluding hydrogens is 388 g/mol. The molecule has 0 radical (unpaired) electrons. The number of hydrogen-bond donors (Lipinski definition) is 1. The summed E-state index contributed by atoms with van der Waals surface area (Å²) in [5.41, 5.74) is 1.29. The molecule has 0 atom stereocenters. The van der Waals surface area contributed by atoms with Crippen LogP contribution in [0.3, 0.4) is 0 Å². The third kappa shape index (κ3) is 4.13. The van der Waals surface area contributed by atoms with Crippen molar-refractivity contribution in [2.24, 2.45) is 0 Å². The number of carbonyl (C=O) groups excluding carboxylic acids is 1. The van der Waals surface area contributed by atoms with Crippen LogP contribution in [0, 0.1) is 0 Å². The van der Waals surface area contributed by atoms with E-state index >= 15 is 0 Å². The van der Waals surface area contributed by atoms with E-state index in [0.29, 0.717) is 28.7 Å². The second kappa shape index (κ2) is 8.12. The fraction of sp³-hybridized carbons (Fsp3) is 0. The van der Waals surface area contributed by atoms with Crippen LogP contribution in [-0.2, 0) is 0 Å². The van der Waals surface area contributed by atoms with E-state index in [4.69, 9.17) is 4.74 Å². The lowest BCUT2D eigenvalue weighted by molar-refractivity contribution is 0.102. The maximum Gasteiger partial charge on any atom is 0.255 e. The standard InChI is InChI=1S/C25H18N4O2/c30-25(20-8-7-18-5-1-2-6-19(18)17-20)26-21-9-11-22(12-10-21)31-24-14-13-23(27-28-24)29-15-3-4-16-29/h1-17H,(H,26,30). The zero-order chi connectivity index (χ0) is 21.0. The number of nitrogens with zero attached hydrogens (tertiary/aromatic N) is 3. The highest BCUT2D eigenvalue weighted by molar-refractivity contribution is 6.06. The number of nitrogens with one attached hydrogen (secondary N) is 1. The van der Waals surface area contributed by atoms with Gasteiger partial charge in [0.2, 0.25) is 5.88 Å². The Hall–Kier alpha value is -4.45. The predicted octanol–water partition coefficient (Wildman–Crippen LogP) is 5.47. The molecule has 6 nitrogen and oxygen atoms in total. The van der Waals surface area contributed by atoms with E-state index in [1.165, 1.54) is 0 Å². The first-order valence-electron chi connectivity index (χ1n) is 9.80. The largest absolute Gasteiger partial charge is 0.438 e. The molecule has 0 unspecified atom stereocenters. The van der Waals surface area contributed by atoms with E-state index < -0.39 is 0 Å². The Kier molecular flexibility index (Phi) is 4.86. The number of rotatable bonds is 5. The third-order valence-electron chi connectivity index (χ3n) is 4.84. The Morgan fingerprint density at radius 3 is 2.29 bits per heavy atom. The topological polar surface area (TPSA) is 69.0 Å². The van der Waals surface area contributed by atoms with Gasteiger partial charge in [-0.15, -0.1) is 10.2 Å². The monoisotopic (exact) mass is 406 g/mol. The predicted molar refractivity (Wildman–Crippen MR) is 120 cm³/mol. The van der Waals surface area contributed by atoms with E-state index in [0.717, 1.165) is 10.8 Å². The molecule has 2 heterocycles. The summed E-state index contributed by atoms with van der Waals surface area (Å²) in [5.74, 6) is 1.55. The molecule has 2 aromatic heterocycles. The fourth-order valence-electron chi connectivity index (χ4n) is 3.25. The average molecular weight is 406 g/mol. The smallest absolute Gasteiger partial charge is 0.255 e. The quantitative estimate of drug-likeness (QED) is 0.420. The van der Waals surface area contributed by atoms with Gasteiger partial charge in [-0.3, -0.25) is 4.79 Å². The van der Waals surface area contributed by atoms with Gasteiger partial charge in [0, 0.05) is 29.7 Å². The van der Waals surface area contributed by atoms with Gasteiger partial charge >= 0.3 is 0 Å². The second-order valence-electron chi connectivity index (χ2n) is 6.96. The second-order valence-corrected chi connectivity index (χ2v) is 6.96. The van der Waals surface area contributed by atoms with Crippen molar-refractivity contribution in [3.8, 4) is 17.4 Å². The summed E-state index contributed by atoms with van der Waals surface area (Å²) < 4.78 is 7.61. The van der Waals surface area contributed by atoms with Crippen molar-refractivity contribution >= 4 is 22.4 Å². The Morgan fingerprint density at radius 2 is 1.55 bits per heavy atom. The molecule has 5 aromatic rings. The molecule has 31 heavy (non-hydrogen) atoms. The summed E-state index contributed by atoms with van der Waals surface area (Å²) in [6.45, 7) is 0. The minimum Gasteiger partial charge on any atom is -0.438 e. The maximum atomic E-state index is 12.6. The van der Waals surface area contributed by atoms with Crippen LogP contribution in [0.2, 0.25) is 0 Å². The van der Waals surface area contributed by atoms with Gasteiger partial charge in [0.15, 0.2) is 5.82 Å². The number of fused-ring (bicyclic) bond motifs is 1. The van der Waals surface area contributed by atoms with Gasteiger partial charge in [0.1, 0.15) is 5.75 Å². The van der Waals surface area contributed by atoms with Crippen LogP contribution in [0.5, 0.6) is 11.6 Å². The van der Waals surface area contributed by atoms with E-state index in [-0.39, 0.29) is 5.91 Å². The van der Waals surface area contributed by atoms with Gasteiger partial charge in [-0.25, -0.2) is 0 Å². The van der Waals surface area contributed by atoms with Crippen molar-refractivity contribution in [3.63, 3.8) is 0 Å². The van der Waals surface area contributed by atoms with Crippen LogP contribution in [0.15, 0.2) is 103 Å². The van der Waals surface area contributed by atoms with Crippen molar-refractivity contribution in [2.45, 2.75) is 0 Å². The lowest BCUT2D eigenvalue weighted by Crippen LogP contribution is -2.11. The van der Waals surface area contributed by atoms with E-state index in [9.17, 15) is 4.79 Å². The van der Waals surface area contributed by atoms with Crippen LogP contribution in [0.4, 0.5) is 5.69 Å². The fourth-order valence-corrected chi connectivity index (χ4v) is 3.25. The molecule has 0 bridgehead atoms. The zero-order valence-electron chi connectivity index (χ0n) is 16.5.